The van der Waals surface area contributed by atoms with Crippen LogP contribution >= 0.6 is 0 Å². The van der Waals surface area contributed by atoms with Crippen molar-refractivity contribution in [1.29, 1.82) is 0 Å². The molecule has 0 aliphatic heterocycles. The quantitative estimate of drug-likeness (QED) is 0.642. The molecule has 0 saturated carbocycles. The molecule has 2 aromatic carbocycles. The van der Waals surface area contributed by atoms with Gasteiger partial charge in [-0.05, 0) is 17.5 Å². The van der Waals surface area contributed by atoms with E-state index in [2.05, 4.69) is 5.32 Å². The van der Waals surface area contributed by atoms with E-state index in [1.54, 1.807) is 12.1 Å². The lowest BCUT2D eigenvalue weighted by atomic mass is 9.78. The summed E-state index contributed by atoms with van der Waals surface area (Å²) in [7, 11) is 0. The monoisotopic (exact) mass is 355 g/mol. The number of carbonyl (C=O) groups is 2. The van der Waals surface area contributed by atoms with Gasteiger partial charge in [0.05, 0.1) is 13.2 Å². The number of rotatable bonds is 10. The molecular formula is C21H25NO4. The molecule has 0 spiro atoms. The molecule has 0 fully saturated rings. The van der Waals surface area contributed by atoms with Gasteiger partial charge in [-0.25, -0.2) is 0 Å². The highest BCUT2D eigenvalue weighted by atomic mass is 16.5. The minimum absolute atomic E-state index is 0.0559. The lowest BCUT2D eigenvalue weighted by Crippen LogP contribution is -2.46. The summed E-state index contributed by atoms with van der Waals surface area (Å²) in [6.45, 7) is 2.61. The zero-order valence-corrected chi connectivity index (χ0v) is 15.0. The predicted molar refractivity (Wildman–Crippen MR) is 99.8 cm³/mol. The standard InChI is InChI=1S/C21H25NO4/c1-2-21(20(24)25,18-11-7-4-8-12-18)16-22-19(23)13-14-26-15-17-9-5-3-6-10-17/h3-12H,2,13-16H2,1H3,(H,22,23)(H,24,25). The van der Waals surface area contributed by atoms with Gasteiger partial charge in [-0.1, -0.05) is 67.6 Å². The normalized spacial score (nSPS) is 13.0. The number of carboxylic acid groups (broad SMARTS) is 1. The number of amides is 1. The van der Waals surface area contributed by atoms with Gasteiger partial charge in [-0.15, -0.1) is 0 Å². The first kappa shape index (κ1) is 19.7. The number of nitrogens with one attached hydrogen (secondary N) is 1. The Labute approximate surface area is 154 Å². The van der Waals surface area contributed by atoms with Gasteiger partial charge in [0, 0.05) is 13.0 Å². The predicted octanol–water partition coefficient (Wildman–Crippen LogP) is 3.14. The summed E-state index contributed by atoms with van der Waals surface area (Å²) in [4.78, 5) is 24.0. The zero-order chi connectivity index (χ0) is 18.8. The van der Waals surface area contributed by atoms with Crippen molar-refractivity contribution in [2.45, 2.75) is 31.8 Å². The van der Waals surface area contributed by atoms with E-state index in [0.717, 1.165) is 5.56 Å². The first-order valence-electron chi connectivity index (χ1n) is 8.76. The van der Waals surface area contributed by atoms with Crippen LogP contribution in [0.3, 0.4) is 0 Å². The van der Waals surface area contributed by atoms with Crippen molar-refractivity contribution in [1.82, 2.24) is 5.32 Å². The van der Waals surface area contributed by atoms with Crippen LogP contribution < -0.4 is 5.32 Å². The summed E-state index contributed by atoms with van der Waals surface area (Å²) < 4.78 is 5.50. The summed E-state index contributed by atoms with van der Waals surface area (Å²) in [5, 5.41) is 12.5. The highest BCUT2D eigenvalue weighted by molar-refractivity contribution is 5.83. The molecule has 0 aliphatic rings. The van der Waals surface area contributed by atoms with Gasteiger partial charge >= 0.3 is 5.97 Å². The third-order valence-corrected chi connectivity index (χ3v) is 4.51. The number of hydrogen-bond acceptors (Lipinski definition) is 3. The molecule has 0 radical (unpaired) electrons. The maximum absolute atomic E-state index is 12.1. The summed E-state index contributed by atoms with van der Waals surface area (Å²) in [6, 6.07) is 18.8. The molecule has 0 aromatic heterocycles. The van der Waals surface area contributed by atoms with Crippen LogP contribution in [0.2, 0.25) is 0 Å². The van der Waals surface area contributed by atoms with Gasteiger partial charge in [-0.3, -0.25) is 9.59 Å². The third-order valence-electron chi connectivity index (χ3n) is 4.51. The molecule has 1 atom stereocenters. The number of aliphatic carboxylic acids is 1. The van der Waals surface area contributed by atoms with Crippen LogP contribution in [-0.4, -0.2) is 30.1 Å². The Balaban J connectivity index is 1.84. The Hall–Kier alpha value is -2.66. The number of benzene rings is 2. The molecule has 2 rings (SSSR count). The van der Waals surface area contributed by atoms with Crippen molar-refractivity contribution in [3.05, 3.63) is 71.8 Å². The highest BCUT2D eigenvalue weighted by Crippen LogP contribution is 2.27. The van der Waals surface area contributed by atoms with Gasteiger partial charge in [0.25, 0.3) is 0 Å². The van der Waals surface area contributed by atoms with Gasteiger partial charge in [-0.2, -0.15) is 0 Å². The van der Waals surface area contributed by atoms with Crippen molar-refractivity contribution in [3.8, 4) is 0 Å². The molecular weight excluding hydrogens is 330 g/mol. The molecule has 26 heavy (non-hydrogen) atoms. The number of carboxylic acids is 1. The first-order valence-corrected chi connectivity index (χ1v) is 8.76. The largest absolute Gasteiger partial charge is 0.481 e. The maximum Gasteiger partial charge on any atom is 0.315 e. The van der Waals surface area contributed by atoms with E-state index in [9.17, 15) is 14.7 Å². The molecule has 5 nitrogen and oxygen atoms in total. The molecule has 0 heterocycles. The van der Waals surface area contributed by atoms with Crippen molar-refractivity contribution in [2.75, 3.05) is 13.2 Å². The van der Waals surface area contributed by atoms with Gasteiger partial charge in [0.15, 0.2) is 0 Å². The van der Waals surface area contributed by atoms with E-state index in [1.807, 2.05) is 55.5 Å². The van der Waals surface area contributed by atoms with Crippen LogP contribution in [0.5, 0.6) is 0 Å². The molecule has 0 saturated heterocycles. The molecule has 1 unspecified atom stereocenters. The van der Waals surface area contributed by atoms with E-state index in [1.165, 1.54) is 0 Å². The van der Waals surface area contributed by atoms with Crippen LogP contribution in [0.25, 0.3) is 0 Å². The Morgan fingerprint density at radius 3 is 2.23 bits per heavy atom. The molecule has 0 aliphatic carbocycles. The number of ether oxygens (including phenoxy) is 1. The SMILES string of the molecule is CCC(CNC(=O)CCOCc1ccccc1)(C(=O)O)c1ccccc1. The minimum Gasteiger partial charge on any atom is -0.481 e. The molecule has 138 valence electrons. The third kappa shape index (κ3) is 5.17. The van der Waals surface area contributed by atoms with Gasteiger partial charge < -0.3 is 15.2 Å². The Morgan fingerprint density at radius 2 is 1.65 bits per heavy atom. The summed E-state index contributed by atoms with van der Waals surface area (Å²) in [6.07, 6.45) is 0.582. The molecule has 1 amide bonds. The first-order chi connectivity index (χ1) is 12.6. The van der Waals surface area contributed by atoms with Gasteiger partial charge in [0.1, 0.15) is 5.41 Å². The van der Waals surface area contributed by atoms with Crippen LogP contribution in [0.4, 0.5) is 0 Å². The van der Waals surface area contributed by atoms with Crippen molar-refractivity contribution >= 4 is 11.9 Å². The van der Waals surface area contributed by atoms with Crippen LogP contribution in [0.15, 0.2) is 60.7 Å². The average Bonchev–Trinajstić information content (AvgIpc) is 2.67. The van der Waals surface area contributed by atoms with E-state index < -0.39 is 11.4 Å². The smallest absolute Gasteiger partial charge is 0.315 e. The Bertz CT molecular complexity index is 702. The van der Waals surface area contributed by atoms with E-state index in [0.29, 0.717) is 18.6 Å². The second-order valence-corrected chi connectivity index (χ2v) is 6.17. The van der Waals surface area contributed by atoms with Crippen molar-refractivity contribution < 1.29 is 19.4 Å². The topological polar surface area (TPSA) is 75.6 Å². The molecule has 2 N–H and O–H groups in total. The lowest BCUT2D eigenvalue weighted by Gasteiger charge is -2.29. The van der Waals surface area contributed by atoms with E-state index in [4.69, 9.17) is 4.74 Å². The molecule has 5 heteroatoms. The van der Waals surface area contributed by atoms with Crippen LogP contribution in [0.1, 0.15) is 30.9 Å². The number of carbonyl (C=O) groups excluding carboxylic acids is 1. The van der Waals surface area contributed by atoms with Crippen molar-refractivity contribution in [2.24, 2.45) is 0 Å². The molecule has 0 bridgehead atoms. The highest BCUT2D eigenvalue weighted by Gasteiger charge is 2.38. The fourth-order valence-corrected chi connectivity index (χ4v) is 2.81. The second kappa shape index (κ2) is 9.73. The van der Waals surface area contributed by atoms with Gasteiger partial charge in [0.2, 0.25) is 5.91 Å². The zero-order valence-electron chi connectivity index (χ0n) is 15.0. The summed E-state index contributed by atoms with van der Waals surface area (Å²) in [5.74, 6) is -1.15. The second-order valence-electron chi connectivity index (χ2n) is 6.17. The van der Waals surface area contributed by atoms with E-state index >= 15 is 0 Å². The maximum atomic E-state index is 12.1. The van der Waals surface area contributed by atoms with Crippen molar-refractivity contribution in [3.63, 3.8) is 0 Å². The Morgan fingerprint density at radius 1 is 1.04 bits per heavy atom. The fourth-order valence-electron chi connectivity index (χ4n) is 2.81. The van der Waals surface area contributed by atoms with Crippen LogP contribution in [0, 0.1) is 0 Å². The minimum atomic E-state index is -1.12. The van der Waals surface area contributed by atoms with E-state index in [-0.39, 0.29) is 25.5 Å². The lowest BCUT2D eigenvalue weighted by molar-refractivity contribution is -0.144. The average molecular weight is 355 g/mol. The summed E-state index contributed by atoms with van der Waals surface area (Å²) in [5.41, 5.74) is 0.616. The fraction of sp³-hybridized carbons (Fsp3) is 0.333. The number of hydrogen-bond donors (Lipinski definition) is 2. The Kier molecular flexibility index (Phi) is 7.36. The summed E-state index contributed by atoms with van der Waals surface area (Å²) >= 11 is 0. The molecule has 2 aromatic rings. The van der Waals surface area contributed by atoms with Crippen LogP contribution in [-0.2, 0) is 26.3 Å².